The van der Waals surface area contributed by atoms with Gasteiger partial charge >= 0.3 is 0 Å². The van der Waals surface area contributed by atoms with Gasteiger partial charge < -0.3 is 10.8 Å². The van der Waals surface area contributed by atoms with Crippen molar-refractivity contribution in [3.8, 4) is 0 Å². The van der Waals surface area contributed by atoms with Gasteiger partial charge in [0, 0.05) is 0 Å². The minimum absolute atomic E-state index is 0.270. The molecule has 0 heterocycles. The average molecular weight is 173 g/mol. The molecule has 0 aliphatic carbocycles. The Hall–Kier alpha value is -1.16. The average Bonchev–Trinajstić information content (AvgIpc) is 1.99. The number of benzene rings is 1. The first-order chi connectivity index (χ1) is 5.52. The maximum absolute atomic E-state index is 12.6. The summed E-state index contributed by atoms with van der Waals surface area (Å²) in [6.07, 6.45) is -0.845. The van der Waals surface area contributed by atoms with Crippen molar-refractivity contribution in [2.24, 2.45) is 0 Å². The van der Waals surface area contributed by atoms with Gasteiger partial charge in [0.25, 0.3) is 0 Å². The van der Waals surface area contributed by atoms with Crippen molar-refractivity contribution < 1.29 is 13.9 Å². The van der Waals surface area contributed by atoms with Crippen LogP contribution in [0.2, 0.25) is 0 Å². The molecule has 1 aromatic carbocycles. The van der Waals surface area contributed by atoms with Gasteiger partial charge in [-0.3, -0.25) is 0 Å². The van der Waals surface area contributed by atoms with Crippen LogP contribution in [0, 0.1) is 11.6 Å². The summed E-state index contributed by atoms with van der Waals surface area (Å²) < 4.78 is 25.2. The van der Waals surface area contributed by atoms with Gasteiger partial charge in [0.15, 0.2) is 11.6 Å². The lowest BCUT2D eigenvalue weighted by Crippen LogP contribution is -1.99. The zero-order chi connectivity index (χ0) is 9.30. The Morgan fingerprint density at radius 1 is 1.42 bits per heavy atom. The lowest BCUT2D eigenvalue weighted by atomic mass is 10.1. The van der Waals surface area contributed by atoms with E-state index < -0.39 is 17.7 Å². The first-order valence-electron chi connectivity index (χ1n) is 3.45. The van der Waals surface area contributed by atoms with Crippen LogP contribution >= 0.6 is 0 Å². The third kappa shape index (κ3) is 1.53. The highest BCUT2D eigenvalue weighted by molar-refractivity contribution is 5.43. The Labute approximate surface area is 68.6 Å². The second-order valence-corrected chi connectivity index (χ2v) is 2.58. The highest BCUT2D eigenvalue weighted by Crippen LogP contribution is 2.20. The SMILES string of the molecule is CC(O)c1cc(N)c(F)c(F)c1. The maximum Gasteiger partial charge on any atom is 0.181 e. The molecular formula is C8H9F2NO. The fourth-order valence-corrected chi connectivity index (χ4v) is 0.873. The molecule has 12 heavy (non-hydrogen) atoms. The van der Waals surface area contributed by atoms with E-state index in [2.05, 4.69) is 0 Å². The summed E-state index contributed by atoms with van der Waals surface area (Å²) >= 11 is 0. The monoisotopic (exact) mass is 173 g/mol. The Morgan fingerprint density at radius 2 is 2.00 bits per heavy atom. The van der Waals surface area contributed by atoms with Crippen LogP contribution in [0.4, 0.5) is 14.5 Å². The Morgan fingerprint density at radius 3 is 2.42 bits per heavy atom. The summed E-state index contributed by atoms with van der Waals surface area (Å²) in [6, 6.07) is 2.14. The molecule has 0 saturated carbocycles. The van der Waals surface area contributed by atoms with Crippen LogP contribution in [0.3, 0.4) is 0 Å². The summed E-state index contributed by atoms with van der Waals surface area (Å²) in [7, 11) is 0. The Bertz CT molecular complexity index is 276. The topological polar surface area (TPSA) is 46.2 Å². The van der Waals surface area contributed by atoms with Crippen molar-refractivity contribution >= 4 is 5.69 Å². The third-order valence-electron chi connectivity index (χ3n) is 1.56. The summed E-state index contributed by atoms with van der Waals surface area (Å²) in [6.45, 7) is 1.45. The molecule has 0 radical (unpaired) electrons. The number of anilines is 1. The first-order valence-corrected chi connectivity index (χ1v) is 3.45. The molecule has 3 N–H and O–H groups in total. The second-order valence-electron chi connectivity index (χ2n) is 2.58. The van der Waals surface area contributed by atoms with Crippen LogP contribution in [-0.2, 0) is 0 Å². The van der Waals surface area contributed by atoms with E-state index in [1.807, 2.05) is 0 Å². The molecule has 0 fully saturated rings. The fraction of sp³-hybridized carbons (Fsp3) is 0.250. The molecule has 4 heteroatoms. The van der Waals surface area contributed by atoms with Gasteiger partial charge in [-0.1, -0.05) is 0 Å². The Balaban J connectivity index is 3.21. The first kappa shape index (κ1) is 8.93. The number of nitrogen functional groups attached to an aromatic ring is 1. The number of aliphatic hydroxyl groups excluding tert-OH is 1. The van der Waals surface area contributed by atoms with E-state index in [9.17, 15) is 8.78 Å². The van der Waals surface area contributed by atoms with Crippen LogP contribution in [0.5, 0.6) is 0 Å². The van der Waals surface area contributed by atoms with Crippen molar-refractivity contribution in [1.82, 2.24) is 0 Å². The van der Waals surface area contributed by atoms with Crippen LogP contribution in [0.15, 0.2) is 12.1 Å². The smallest absolute Gasteiger partial charge is 0.181 e. The molecule has 2 nitrogen and oxygen atoms in total. The van der Waals surface area contributed by atoms with Gasteiger partial charge in [0.05, 0.1) is 11.8 Å². The molecule has 0 spiro atoms. The standard InChI is InChI=1S/C8H9F2NO/c1-4(12)5-2-6(9)8(10)7(11)3-5/h2-4,12H,11H2,1H3. The van der Waals surface area contributed by atoms with E-state index in [0.29, 0.717) is 0 Å². The molecule has 0 aliphatic heterocycles. The van der Waals surface area contributed by atoms with Crippen molar-refractivity contribution in [2.45, 2.75) is 13.0 Å². The number of aliphatic hydroxyl groups is 1. The largest absolute Gasteiger partial charge is 0.396 e. The molecule has 0 saturated heterocycles. The molecule has 0 bridgehead atoms. The molecule has 1 unspecified atom stereocenters. The summed E-state index contributed by atoms with van der Waals surface area (Å²) in [5.74, 6) is -2.11. The lowest BCUT2D eigenvalue weighted by Gasteiger charge is -2.06. The lowest BCUT2D eigenvalue weighted by molar-refractivity contribution is 0.198. The summed E-state index contributed by atoms with van der Waals surface area (Å²) in [5.41, 5.74) is 5.12. The zero-order valence-corrected chi connectivity index (χ0v) is 6.51. The number of hydrogen-bond donors (Lipinski definition) is 2. The zero-order valence-electron chi connectivity index (χ0n) is 6.51. The number of hydrogen-bond acceptors (Lipinski definition) is 2. The molecule has 0 amide bonds. The number of nitrogens with two attached hydrogens (primary N) is 1. The molecular weight excluding hydrogens is 164 g/mol. The van der Waals surface area contributed by atoms with Crippen molar-refractivity contribution in [1.29, 1.82) is 0 Å². The van der Waals surface area contributed by atoms with Gasteiger partial charge in [-0.2, -0.15) is 0 Å². The molecule has 0 aromatic heterocycles. The highest BCUT2D eigenvalue weighted by atomic mass is 19.2. The summed E-state index contributed by atoms with van der Waals surface area (Å²) in [4.78, 5) is 0. The molecule has 1 rings (SSSR count). The van der Waals surface area contributed by atoms with Crippen LogP contribution in [0.25, 0.3) is 0 Å². The molecule has 0 aliphatic rings. The minimum Gasteiger partial charge on any atom is -0.396 e. The van der Waals surface area contributed by atoms with Gasteiger partial charge in [-0.15, -0.1) is 0 Å². The normalized spacial score (nSPS) is 13.0. The van der Waals surface area contributed by atoms with E-state index in [0.717, 1.165) is 6.07 Å². The molecule has 66 valence electrons. The van der Waals surface area contributed by atoms with Gasteiger partial charge in [0.2, 0.25) is 0 Å². The third-order valence-corrected chi connectivity index (χ3v) is 1.56. The van der Waals surface area contributed by atoms with Crippen molar-refractivity contribution in [2.75, 3.05) is 5.73 Å². The van der Waals surface area contributed by atoms with E-state index in [-0.39, 0.29) is 11.3 Å². The van der Waals surface area contributed by atoms with E-state index in [1.54, 1.807) is 0 Å². The van der Waals surface area contributed by atoms with Crippen molar-refractivity contribution in [3.05, 3.63) is 29.3 Å². The van der Waals surface area contributed by atoms with Gasteiger partial charge in [-0.05, 0) is 24.6 Å². The molecule has 1 atom stereocenters. The quantitative estimate of drug-likeness (QED) is 0.633. The molecule has 1 aromatic rings. The van der Waals surface area contributed by atoms with Gasteiger partial charge in [0.1, 0.15) is 0 Å². The predicted molar refractivity (Wildman–Crippen MR) is 41.4 cm³/mol. The fourth-order valence-electron chi connectivity index (χ4n) is 0.873. The Kier molecular flexibility index (Phi) is 2.28. The highest BCUT2D eigenvalue weighted by Gasteiger charge is 2.10. The predicted octanol–water partition coefficient (Wildman–Crippen LogP) is 1.60. The van der Waals surface area contributed by atoms with E-state index in [1.165, 1.54) is 13.0 Å². The summed E-state index contributed by atoms with van der Waals surface area (Å²) in [5, 5.41) is 9.02. The van der Waals surface area contributed by atoms with Crippen LogP contribution < -0.4 is 5.73 Å². The second kappa shape index (κ2) is 3.06. The van der Waals surface area contributed by atoms with E-state index in [4.69, 9.17) is 10.8 Å². The maximum atomic E-state index is 12.6. The van der Waals surface area contributed by atoms with E-state index >= 15 is 0 Å². The number of halogens is 2. The minimum atomic E-state index is -1.07. The number of rotatable bonds is 1. The van der Waals surface area contributed by atoms with Gasteiger partial charge in [-0.25, -0.2) is 8.78 Å². The van der Waals surface area contributed by atoms with Crippen molar-refractivity contribution in [3.63, 3.8) is 0 Å². The van der Waals surface area contributed by atoms with Crippen LogP contribution in [-0.4, -0.2) is 5.11 Å². The van der Waals surface area contributed by atoms with Crippen LogP contribution in [0.1, 0.15) is 18.6 Å².